The van der Waals surface area contributed by atoms with E-state index in [4.69, 9.17) is 18.9 Å². The number of aliphatic hydroxyl groups is 1. The quantitative estimate of drug-likeness (QED) is 0.329. The van der Waals surface area contributed by atoms with Crippen LogP contribution >= 0.6 is 0 Å². The van der Waals surface area contributed by atoms with Gasteiger partial charge in [0.25, 0.3) is 5.91 Å². The molecule has 2 aliphatic rings. The average Bonchev–Trinajstić information content (AvgIpc) is 3.50. The van der Waals surface area contributed by atoms with E-state index in [1.165, 1.54) is 0 Å². The van der Waals surface area contributed by atoms with Gasteiger partial charge in [-0.05, 0) is 77.3 Å². The van der Waals surface area contributed by atoms with E-state index in [-0.39, 0.29) is 68.1 Å². The van der Waals surface area contributed by atoms with Crippen molar-refractivity contribution < 1.29 is 38.4 Å². The second-order valence-electron chi connectivity index (χ2n) is 12.6. The van der Waals surface area contributed by atoms with Crippen LogP contribution in [0.25, 0.3) is 0 Å². The molecule has 0 aliphatic carbocycles. The summed E-state index contributed by atoms with van der Waals surface area (Å²) in [6, 6.07) is 8.93. The van der Waals surface area contributed by atoms with Gasteiger partial charge >= 0.3 is 12.1 Å². The summed E-state index contributed by atoms with van der Waals surface area (Å²) in [5, 5.41) is 18.7. The van der Waals surface area contributed by atoms with Crippen molar-refractivity contribution in [1.29, 1.82) is 0 Å². The molecule has 0 radical (unpaired) electrons. The highest BCUT2D eigenvalue weighted by atomic mass is 16.7. The van der Waals surface area contributed by atoms with Gasteiger partial charge in [-0.15, -0.1) is 0 Å². The molecule has 2 heterocycles. The first-order valence-corrected chi connectivity index (χ1v) is 16.3. The van der Waals surface area contributed by atoms with Crippen LogP contribution in [0.2, 0.25) is 0 Å². The normalized spacial score (nSPS) is 20.8. The first-order chi connectivity index (χ1) is 22.4. The minimum absolute atomic E-state index is 0.0653. The third kappa shape index (κ3) is 9.88. The number of nitrogens with one attached hydrogen (secondary N) is 3. The Kier molecular flexibility index (Phi) is 12.5. The van der Waals surface area contributed by atoms with Crippen LogP contribution in [0.5, 0.6) is 17.2 Å². The Morgan fingerprint density at radius 3 is 2.43 bits per heavy atom. The molecule has 13 heteroatoms. The van der Waals surface area contributed by atoms with Crippen molar-refractivity contribution in [2.45, 2.75) is 78.2 Å². The largest absolute Gasteiger partial charge is 0.490 e. The lowest BCUT2D eigenvalue weighted by Crippen LogP contribution is -2.48. The Morgan fingerprint density at radius 2 is 1.70 bits per heavy atom. The highest BCUT2D eigenvalue weighted by Gasteiger charge is 2.31. The summed E-state index contributed by atoms with van der Waals surface area (Å²) in [6.07, 6.45) is 1.78. The molecule has 0 unspecified atom stereocenters. The Balaban J connectivity index is 1.56. The Bertz CT molecular complexity index is 1390. The van der Waals surface area contributed by atoms with Crippen LogP contribution in [0.15, 0.2) is 36.4 Å². The van der Waals surface area contributed by atoms with E-state index >= 15 is 0 Å². The maximum absolute atomic E-state index is 14.3. The lowest BCUT2D eigenvalue weighted by atomic mass is 10.0. The number of rotatable bonds is 7. The number of fused-ring (bicyclic) bond motifs is 2. The van der Waals surface area contributed by atoms with Crippen LogP contribution in [-0.4, -0.2) is 97.3 Å². The number of benzene rings is 2. The topological polar surface area (TPSA) is 151 Å². The van der Waals surface area contributed by atoms with Crippen LogP contribution in [0.3, 0.4) is 0 Å². The molecule has 2 aromatic carbocycles. The molecule has 4 N–H and O–H groups in total. The molecule has 4 atom stereocenters. The monoisotopic (exact) mass is 655 g/mol. The Labute approximate surface area is 276 Å². The van der Waals surface area contributed by atoms with Gasteiger partial charge in [0.2, 0.25) is 6.79 Å². The molecule has 258 valence electrons. The summed E-state index contributed by atoms with van der Waals surface area (Å²) in [7, 11) is 1.70. The van der Waals surface area contributed by atoms with E-state index in [9.17, 15) is 19.5 Å². The summed E-state index contributed by atoms with van der Waals surface area (Å²) < 4.78 is 23.4. The minimum Gasteiger partial charge on any atom is -0.490 e. The predicted octanol–water partition coefficient (Wildman–Crippen LogP) is 4.90. The van der Waals surface area contributed by atoms with Gasteiger partial charge in [-0.25, -0.2) is 9.59 Å². The molecule has 2 aromatic rings. The summed E-state index contributed by atoms with van der Waals surface area (Å²) in [6.45, 7) is 10.3. The molecular weight excluding hydrogens is 606 g/mol. The fourth-order valence-electron chi connectivity index (χ4n) is 5.44. The molecule has 0 saturated heterocycles. The van der Waals surface area contributed by atoms with Crippen molar-refractivity contribution in [3.05, 3.63) is 42.0 Å². The third-order valence-electron chi connectivity index (χ3n) is 8.15. The second kappa shape index (κ2) is 16.6. The fourth-order valence-corrected chi connectivity index (χ4v) is 5.44. The zero-order valence-electron chi connectivity index (χ0n) is 28.2. The number of aliphatic hydroxyl groups excluding tert-OH is 1. The van der Waals surface area contributed by atoms with Crippen molar-refractivity contribution in [3.8, 4) is 17.2 Å². The van der Waals surface area contributed by atoms with E-state index in [0.717, 1.165) is 19.3 Å². The van der Waals surface area contributed by atoms with Gasteiger partial charge in [-0.2, -0.15) is 0 Å². The smallest absolute Gasteiger partial charge is 0.321 e. The number of ether oxygens (including phenoxy) is 4. The van der Waals surface area contributed by atoms with Crippen LogP contribution in [0, 0.1) is 5.92 Å². The van der Waals surface area contributed by atoms with Crippen molar-refractivity contribution in [3.63, 3.8) is 0 Å². The molecule has 2 aliphatic heterocycles. The maximum atomic E-state index is 14.3. The number of amides is 5. The van der Waals surface area contributed by atoms with Crippen LogP contribution < -0.4 is 30.2 Å². The maximum Gasteiger partial charge on any atom is 0.321 e. The summed E-state index contributed by atoms with van der Waals surface area (Å²) in [5.41, 5.74) is 1.29. The van der Waals surface area contributed by atoms with Gasteiger partial charge < -0.3 is 49.8 Å². The minimum atomic E-state index is -0.531. The molecule has 4 rings (SSSR count). The van der Waals surface area contributed by atoms with E-state index in [1.807, 2.05) is 27.7 Å². The Hall–Kier alpha value is -4.23. The highest BCUT2D eigenvalue weighted by Crippen LogP contribution is 2.34. The van der Waals surface area contributed by atoms with Gasteiger partial charge in [0.05, 0.1) is 30.4 Å². The molecule has 5 amide bonds. The third-order valence-corrected chi connectivity index (χ3v) is 8.15. The Morgan fingerprint density at radius 1 is 1.00 bits per heavy atom. The second-order valence-corrected chi connectivity index (χ2v) is 12.6. The van der Waals surface area contributed by atoms with Crippen molar-refractivity contribution in [1.82, 2.24) is 15.1 Å². The van der Waals surface area contributed by atoms with Crippen LogP contribution in [0.1, 0.15) is 64.2 Å². The SMILES string of the molecule is CC(C)NC(=O)Nc1ccc2c(c1)C(=O)N([C@H](C)CO)C[C@H](C)[C@H](CN(C)C(=O)Nc1ccc3c(c1)OCO3)OCCCC[C@H](C)O2. The number of hydrogen-bond donors (Lipinski definition) is 4. The number of carbonyl (C=O) groups is 3. The lowest BCUT2D eigenvalue weighted by molar-refractivity contribution is -0.0115. The summed E-state index contributed by atoms with van der Waals surface area (Å²) in [5.74, 6) is 1.03. The van der Waals surface area contributed by atoms with E-state index in [2.05, 4.69) is 16.0 Å². The van der Waals surface area contributed by atoms with Gasteiger partial charge in [-0.3, -0.25) is 4.79 Å². The number of anilines is 2. The summed E-state index contributed by atoms with van der Waals surface area (Å²) >= 11 is 0. The fraction of sp³-hybridized carbons (Fsp3) is 0.559. The number of carbonyl (C=O) groups excluding carboxylic acids is 3. The van der Waals surface area contributed by atoms with Crippen molar-refractivity contribution in [2.24, 2.45) is 5.92 Å². The predicted molar refractivity (Wildman–Crippen MR) is 178 cm³/mol. The van der Waals surface area contributed by atoms with Crippen molar-refractivity contribution in [2.75, 3.05) is 50.8 Å². The van der Waals surface area contributed by atoms with Gasteiger partial charge in [-0.1, -0.05) is 6.92 Å². The zero-order valence-corrected chi connectivity index (χ0v) is 28.2. The first-order valence-electron chi connectivity index (χ1n) is 16.3. The first kappa shape index (κ1) is 35.6. The van der Waals surface area contributed by atoms with Gasteiger partial charge in [0, 0.05) is 56.1 Å². The summed E-state index contributed by atoms with van der Waals surface area (Å²) in [4.78, 5) is 43.1. The molecule has 47 heavy (non-hydrogen) atoms. The molecule has 0 fully saturated rings. The average molecular weight is 656 g/mol. The molecule has 13 nitrogen and oxygen atoms in total. The lowest BCUT2D eigenvalue weighted by Gasteiger charge is -2.35. The van der Waals surface area contributed by atoms with Crippen molar-refractivity contribution >= 4 is 29.3 Å². The van der Waals surface area contributed by atoms with Gasteiger partial charge in [0.1, 0.15) is 5.75 Å². The number of urea groups is 2. The number of nitrogens with zero attached hydrogens (tertiary/aromatic N) is 2. The van der Waals surface area contributed by atoms with E-state index in [1.54, 1.807) is 60.2 Å². The molecule has 0 spiro atoms. The highest BCUT2D eigenvalue weighted by molar-refractivity contribution is 5.99. The van der Waals surface area contributed by atoms with E-state index in [0.29, 0.717) is 35.2 Å². The number of likely N-dealkylation sites (N-methyl/N-ethyl adjacent to an activating group) is 1. The standard InChI is InChI=1S/C34H49N5O8/c1-21(2)35-33(42)36-25-10-12-28-27(15-25)32(41)39(23(4)19-40)17-22(3)31(44-14-8-7-9-24(5)47-28)18-38(6)34(43)37-26-11-13-29-30(16-26)46-20-45-29/h10-13,15-16,21-24,31,40H,7-9,14,17-20H2,1-6H3,(H,37,43)(H2,35,36,42)/t22-,23+,24-,31-/m0/s1. The van der Waals surface area contributed by atoms with Crippen LogP contribution in [-0.2, 0) is 4.74 Å². The zero-order chi connectivity index (χ0) is 34.1. The molecule has 0 bridgehead atoms. The molecule has 0 saturated carbocycles. The number of hydrogen-bond acceptors (Lipinski definition) is 8. The van der Waals surface area contributed by atoms with Gasteiger partial charge in [0.15, 0.2) is 11.5 Å². The van der Waals surface area contributed by atoms with Crippen LogP contribution in [0.4, 0.5) is 21.0 Å². The molecular formula is C34H49N5O8. The van der Waals surface area contributed by atoms with E-state index < -0.39 is 12.1 Å². The molecule has 0 aromatic heterocycles.